The van der Waals surface area contributed by atoms with Gasteiger partial charge in [0, 0.05) is 31.1 Å². The molecule has 2 aliphatic rings. The molecule has 116 valence electrons. The van der Waals surface area contributed by atoms with Gasteiger partial charge in [-0.05, 0) is 38.3 Å². The number of nitrogens with zero attached hydrogens (tertiary/aromatic N) is 1. The molecule has 5 heteroatoms. The fourth-order valence-electron chi connectivity index (χ4n) is 3.07. The van der Waals surface area contributed by atoms with Crippen molar-refractivity contribution < 1.29 is 13.9 Å². The van der Waals surface area contributed by atoms with Crippen LogP contribution in [0.3, 0.4) is 0 Å². The maximum absolute atomic E-state index is 12.6. The second kappa shape index (κ2) is 6.88. The van der Waals surface area contributed by atoms with E-state index in [0.29, 0.717) is 6.42 Å². The summed E-state index contributed by atoms with van der Waals surface area (Å²) < 4.78 is 11.4. The number of furan rings is 1. The number of carbonyl (C=O) groups is 1. The van der Waals surface area contributed by atoms with Crippen LogP contribution in [-0.4, -0.2) is 41.6 Å². The first-order valence-corrected chi connectivity index (χ1v) is 8.94. The van der Waals surface area contributed by atoms with Crippen LogP contribution in [-0.2, 0) is 9.53 Å². The maximum Gasteiger partial charge on any atom is 0.223 e. The molecule has 2 aliphatic heterocycles. The topological polar surface area (TPSA) is 42.7 Å². The molecule has 1 aromatic heterocycles. The van der Waals surface area contributed by atoms with Crippen molar-refractivity contribution in [3.63, 3.8) is 0 Å². The lowest BCUT2D eigenvalue weighted by Gasteiger charge is -2.34. The maximum atomic E-state index is 12.6. The molecule has 3 heterocycles. The molecule has 21 heavy (non-hydrogen) atoms. The van der Waals surface area contributed by atoms with Gasteiger partial charge in [0.15, 0.2) is 0 Å². The summed E-state index contributed by atoms with van der Waals surface area (Å²) in [5.74, 6) is 4.02. The average Bonchev–Trinajstić information content (AvgIpc) is 3.16. The summed E-state index contributed by atoms with van der Waals surface area (Å²) in [5, 5.41) is 0. The summed E-state index contributed by atoms with van der Waals surface area (Å²) >= 11 is 1.89. The number of hydrogen-bond donors (Lipinski definition) is 0. The Morgan fingerprint density at radius 2 is 2.38 bits per heavy atom. The van der Waals surface area contributed by atoms with Crippen LogP contribution in [0.2, 0.25) is 0 Å². The van der Waals surface area contributed by atoms with E-state index < -0.39 is 0 Å². The largest absolute Gasteiger partial charge is 0.464 e. The Bertz CT molecular complexity index is 482. The molecule has 2 saturated heterocycles. The molecule has 0 aromatic carbocycles. The minimum absolute atomic E-state index is 0.0921. The summed E-state index contributed by atoms with van der Waals surface area (Å²) in [6, 6.07) is 4.07. The predicted molar refractivity (Wildman–Crippen MR) is 83.4 cm³/mol. The lowest BCUT2D eigenvalue weighted by Crippen LogP contribution is -2.40. The zero-order valence-electron chi connectivity index (χ0n) is 12.5. The van der Waals surface area contributed by atoms with Crippen molar-refractivity contribution in [2.45, 2.75) is 44.8 Å². The normalized spacial score (nSPS) is 26.2. The number of ether oxygens (including phenoxy) is 1. The molecular formula is C16H23NO3S. The van der Waals surface area contributed by atoms with Gasteiger partial charge in [0.1, 0.15) is 11.5 Å². The molecule has 2 atom stereocenters. The highest BCUT2D eigenvalue weighted by atomic mass is 32.2. The second-order valence-electron chi connectivity index (χ2n) is 5.80. The van der Waals surface area contributed by atoms with Gasteiger partial charge in [-0.25, -0.2) is 0 Å². The van der Waals surface area contributed by atoms with Crippen molar-refractivity contribution in [3.05, 3.63) is 23.7 Å². The van der Waals surface area contributed by atoms with Gasteiger partial charge in [-0.15, -0.1) is 0 Å². The van der Waals surface area contributed by atoms with E-state index in [0.717, 1.165) is 55.4 Å². The number of aryl methyl sites for hydroxylation is 1. The van der Waals surface area contributed by atoms with Gasteiger partial charge in [0.25, 0.3) is 0 Å². The summed E-state index contributed by atoms with van der Waals surface area (Å²) in [5.41, 5.74) is 0. The summed E-state index contributed by atoms with van der Waals surface area (Å²) in [4.78, 5) is 14.6. The van der Waals surface area contributed by atoms with E-state index in [1.165, 1.54) is 0 Å². The molecule has 0 bridgehead atoms. The van der Waals surface area contributed by atoms with Crippen LogP contribution >= 0.6 is 11.8 Å². The molecule has 1 amide bonds. The van der Waals surface area contributed by atoms with E-state index in [1.807, 2.05) is 35.7 Å². The minimum atomic E-state index is 0.0921. The number of rotatable bonds is 4. The summed E-state index contributed by atoms with van der Waals surface area (Å²) in [7, 11) is 0. The first-order valence-electron chi connectivity index (χ1n) is 7.79. The Kier molecular flexibility index (Phi) is 4.91. The highest BCUT2D eigenvalue weighted by Crippen LogP contribution is 2.31. The van der Waals surface area contributed by atoms with Crippen LogP contribution in [0.5, 0.6) is 0 Å². The Morgan fingerprint density at radius 3 is 3.10 bits per heavy atom. The van der Waals surface area contributed by atoms with Crippen LogP contribution in [0.15, 0.2) is 16.5 Å². The van der Waals surface area contributed by atoms with Crippen LogP contribution in [0, 0.1) is 6.92 Å². The molecule has 0 spiro atoms. The Balaban J connectivity index is 1.61. The zero-order valence-corrected chi connectivity index (χ0v) is 13.4. The molecule has 2 unspecified atom stereocenters. The Morgan fingerprint density at radius 1 is 1.48 bits per heavy atom. The van der Waals surface area contributed by atoms with Gasteiger partial charge in [-0.2, -0.15) is 11.8 Å². The van der Waals surface area contributed by atoms with Crippen molar-refractivity contribution in [3.8, 4) is 0 Å². The molecule has 0 saturated carbocycles. The quantitative estimate of drug-likeness (QED) is 0.857. The van der Waals surface area contributed by atoms with Crippen molar-refractivity contribution >= 4 is 17.7 Å². The molecule has 2 fully saturated rings. The van der Waals surface area contributed by atoms with Gasteiger partial charge < -0.3 is 14.1 Å². The second-order valence-corrected chi connectivity index (χ2v) is 6.95. The van der Waals surface area contributed by atoms with Gasteiger partial charge in [-0.3, -0.25) is 4.79 Å². The first-order chi connectivity index (χ1) is 10.2. The third kappa shape index (κ3) is 3.64. The van der Waals surface area contributed by atoms with E-state index in [1.54, 1.807) is 0 Å². The van der Waals surface area contributed by atoms with Gasteiger partial charge >= 0.3 is 0 Å². The van der Waals surface area contributed by atoms with Gasteiger partial charge in [0.2, 0.25) is 5.91 Å². The standard InChI is InChI=1S/C16H23NO3S/c1-12-4-6-15(20-12)14-11-21-10-8-17(14)16(18)7-5-13-3-2-9-19-13/h4,6,13-14H,2-3,5,7-11H2,1H3. The predicted octanol–water partition coefficient (Wildman–Crippen LogP) is 3.16. The van der Waals surface area contributed by atoms with Crippen molar-refractivity contribution in [1.82, 2.24) is 4.90 Å². The average molecular weight is 309 g/mol. The number of carbonyl (C=O) groups excluding carboxylic acids is 1. The van der Waals surface area contributed by atoms with Gasteiger partial charge in [0.05, 0.1) is 12.1 Å². The van der Waals surface area contributed by atoms with E-state index in [9.17, 15) is 4.79 Å². The minimum Gasteiger partial charge on any atom is -0.464 e. The van der Waals surface area contributed by atoms with Crippen LogP contribution in [0.1, 0.15) is 43.2 Å². The lowest BCUT2D eigenvalue weighted by molar-refractivity contribution is -0.134. The van der Waals surface area contributed by atoms with E-state index >= 15 is 0 Å². The molecule has 0 N–H and O–H groups in total. The summed E-state index contributed by atoms with van der Waals surface area (Å²) in [6.07, 6.45) is 3.97. The highest BCUT2D eigenvalue weighted by molar-refractivity contribution is 7.99. The number of hydrogen-bond acceptors (Lipinski definition) is 4. The van der Waals surface area contributed by atoms with Crippen molar-refractivity contribution in [2.24, 2.45) is 0 Å². The highest BCUT2D eigenvalue weighted by Gasteiger charge is 2.30. The number of amides is 1. The van der Waals surface area contributed by atoms with Gasteiger partial charge in [-0.1, -0.05) is 0 Å². The van der Waals surface area contributed by atoms with E-state index in [4.69, 9.17) is 9.15 Å². The SMILES string of the molecule is Cc1ccc(C2CSCCN2C(=O)CCC2CCCO2)o1. The first kappa shape index (κ1) is 15.0. The summed E-state index contributed by atoms with van der Waals surface area (Å²) in [6.45, 7) is 3.62. The monoisotopic (exact) mass is 309 g/mol. The molecular weight excluding hydrogens is 286 g/mol. The van der Waals surface area contributed by atoms with E-state index in [-0.39, 0.29) is 18.1 Å². The fourth-order valence-corrected chi connectivity index (χ4v) is 4.13. The third-order valence-corrected chi connectivity index (χ3v) is 5.27. The zero-order chi connectivity index (χ0) is 14.7. The molecule has 0 radical (unpaired) electrons. The number of thioether (sulfide) groups is 1. The molecule has 0 aliphatic carbocycles. The Labute approximate surface area is 130 Å². The molecule has 4 nitrogen and oxygen atoms in total. The third-order valence-electron chi connectivity index (χ3n) is 4.24. The van der Waals surface area contributed by atoms with E-state index in [2.05, 4.69) is 0 Å². The van der Waals surface area contributed by atoms with Crippen molar-refractivity contribution in [1.29, 1.82) is 0 Å². The van der Waals surface area contributed by atoms with Crippen molar-refractivity contribution in [2.75, 3.05) is 24.7 Å². The lowest BCUT2D eigenvalue weighted by atomic mass is 10.1. The molecule has 1 aromatic rings. The Hall–Kier alpha value is -0.940. The van der Waals surface area contributed by atoms with Crippen LogP contribution in [0.4, 0.5) is 0 Å². The van der Waals surface area contributed by atoms with Crippen LogP contribution < -0.4 is 0 Å². The smallest absolute Gasteiger partial charge is 0.223 e. The van der Waals surface area contributed by atoms with Crippen LogP contribution in [0.25, 0.3) is 0 Å². The fraction of sp³-hybridized carbons (Fsp3) is 0.688. The molecule has 3 rings (SSSR count).